The Balaban J connectivity index is 1.51. The maximum absolute atomic E-state index is 16.2. The number of aryl methyl sites for hydroxylation is 2. The first kappa shape index (κ1) is 24.3. The largest absolute Gasteiger partial charge is 0.487 e. The monoisotopic (exact) mass is 513 g/mol. The highest BCUT2D eigenvalue weighted by atomic mass is 32.2. The summed E-state index contributed by atoms with van der Waals surface area (Å²) in [4.78, 5) is 14.1. The van der Waals surface area contributed by atoms with E-state index in [1.54, 1.807) is 6.07 Å². The van der Waals surface area contributed by atoms with Gasteiger partial charge in [-0.1, -0.05) is 30.3 Å². The van der Waals surface area contributed by atoms with Gasteiger partial charge in [0.1, 0.15) is 24.6 Å². The van der Waals surface area contributed by atoms with Crippen molar-refractivity contribution in [2.24, 2.45) is 7.05 Å². The summed E-state index contributed by atoms with van der Waals surface area (Å²) in [7, 11) is -2.33. The van der Waals surface area contributed by atoms with Gasteiger partial charge in [0.2, 0.25) is 0 Å². The summed E-state index contributed by atoms with van der Waals surface area (Å²) in [6.07, 6.45) is 0.580. The maximum atomic E-state index is 16.2. The van der Waals surface area contributed by atoms with Crippen LogP contribution < -0.4 is 13.8 Å². The van der Waals surface area contributed by atoms with Crippen LogP contribution in [0.4, 0.5) is 10.1 Å². The highest BCUT2D eigenvalue weighted by molar-refractivity contribution is 7.92. The molecule has 0 unspecified atom stereocenters. The lowest BCUT2D eigenvalue weighted by atomic mass is 9.96. The Labute approximate surface area is 209 Å². The molecule has 190 valence electrons. The van der Waals surface area contributed by atoms with E-state index in [1.807, 2.05) is 60.6 Å². The molecule has 2 aromatic carbocycles. The van der Waals surface area contributed by atoms with E-state index in [-0.39, 0.29) is 18.0 Å². The molecule has 1 fully saturated rings. The molecule has 2 aliphatic rings. The van der Waals surface area contributed by atoms with Crippen molar-refractivity contribution >= 4 is 21.8 Å². The first-order valence-corrected chi connectivity index (χ1v) is 13.1. The summed E-state index contributed by atoms with van der Waals surface area (Å²) in [6.45, 7) is 5.20. The number of aromatic nitrogens is 2. The van der Waals surface area contributed by atoms with Gasteiger partial charge in [-0.2, -0.15) is 13.5 Å². The van der Waals surface area contributed by atoms with Crippen LogP contribution in [0.2, 0.25) is 0 Å². The molecule has 36 heavy (non-hydrogen) atoms. The third-order valence-corrected chi connectivity index (χ3v) is 8.20. The minimum Gasteiger partial charge on any atom is -0.487 e. The van der Waals surface area contributed by atoms with E-state index in [0.29, 0.717) is 31.6 Å². The van der Waals surface area contributed by atoms with E-state index < -0.39 is 28.5 Å². The van der Waals surface area contributed by atoms with Crippen molar-refractivity contribution in [3.63, 3.8) is 0 Å². The van der Waals surface area contributed by atoms with Crippen molar-refractivity contribution < 1.29 is 22.3 Å². The Hall–Kier alpha value is -3.44. The van der Waals surface area contributed by atoms with E-state index in [0.717, 1.165) is 32.4 Å². The van der Waals surface area contributed by atoms with Crippen LogP contribution >= 0.6 is 0 Å². The average Bonchev–Trinajstić information content (AvgIpc) is 3.25. The van der Waals surface area contributed by atoms with Crippen molar-refractivity contribution in [2.45, 2.75) is 40.0 Å². The molecule has 3 aromatic rings. The summed E-state index contributed by atoms with van der Waals surface area (Å²) in [5, 5.41) is 4.47. The second-order valence-corrected chi connectivity index (χ2v) is 10.8. The lowest BCUT2D eigenvalue weighted by Gasteiger charge is -2.31. The standard InChI is InChI=1S/C25H28FN5O4S/c1-16-20(17(2)29(3)27-16)12-30-10-9-19-11-22(35-15-18-7-5-4-6-8-18)25(24(26)21(19)13-30)31-14-23(32)28-36(31,33)34/h4-8,11H,9-10,12-15H2,1-3H3,(H,28,32). The van der Waals surface area contributed by atoms with Crippen LogP contribution in [0.15, 0.2) is 36.4 Å². The molecule has 0 saturated carbocycles. The molecule has 5 rings (SSSR count). The van der Waals surface area contributed by atoms with Crippen LogP contribution in [0, 0.1) is 19.7 Å². The number of fused-ring (bicyclic) bond motifs is 1. The summed E-state index contributed by atoms with van der Waals surface area (Å²) >= 11 is 0. The molecule has 0 spiro atoms. The number of benzene rings is 2. The number of hydrogen-bond acceptors (Lipinski definition) is 6. The number of rotatable bonds is 6. The number of ether oxygens (including phenoxy) is 1. The fourth-order valence-corrected chi connectivity index (χ4v) is 5.97. The summed E-state index contributed by atoms with van der Waals surface area (Å²) in [5.41, 5.74) is 4.88. The second-order valence-electron chi connectivity index (χ2n) is 9.22. The second kappa shape index (κ2) is 9.21. The molecule has 0 bridgehead atoms. The van der Waals surface area contributed by atoms with E-state index in [9.17, 15) is 13.2 Å². The smallest absolute Gasteiger partial charge is 0.326 e. The highest BCUT2D eigenvalue weighted by Crippen LogP contribution is 2.40. The van der Waals surface area contributed by atoms with Crippen molar-refractivity contribution in [3.05, 3.63) is 75.9 Å². The van der Waals surface area contributed by atoms with Gasteiger partial charge in [-0.3, -0.25) is 14.4 Å². The van der Waals surface area contributed by atoms with Gasteiger partial charge in [-0.15, -0.1) is 0 Å². The Morgan fingerprint density at radius 3 is 2.56 bits per heavy atom. The first-order valence-electron chi connectivity index (χ1n) is 11.7. The zero-order chi connectivity index (χ0) is 25.6. The maximum Gasteiger partial charge on any atom is 0.326 e. The molecule has 11 heteroatoms. The van der Waals surface area contributed by atoms with Crippen LogP contribution in [-0.2, 0) is 48.2 Å². The van der Waals surface area contributed by atoms with E-state index in [4.69, 9.17) is 4.74 Å². The molecule has 0 aliphatic carbocycles. The van der Waals surface area contributed by atoms with Gasteiger partial charge in [0, 0.05) is 43.5 Å². The van der Waals surface area contributed by atoms with Crippen LogP contribution in [0.5, 0.6) is 5.75 Å². The molecule has 1 aromatic heterocycles. The zero-order valence-electron chi connectivity index (χ0n) is 20.4. The lowest BCUT2D eigenvalue weighted by Crippen LogP contribution is -2.34. The normalized spacial score (nSPS) is 17.2. The molecule has 1 N–H and O–H groups in total. The fraction of sp³-hybridized carbons (Fsp3) is 0.360. The van der Waals surface area contributed by atoms with Gasteiger partial charge in [-0.25, -0.2) is 13.4 Å². The van der Waals surface area contributed by atoms with Crippen molar-refractivity contribution in [3.8, 4) is 5.75 Å². The number of nitrogens with zero attached hydrogens (tertiary/aromatic N) is 4. The average molecular weight is 514 g/mol. The predicted octanol–water partition coefficient (Wildman–Crippen LogP) is 2.49. The van der Waals surface area contributed by atoms with Gasteiger partial charge in [0.05, 0.1) is 5.69 Å². The first-order chi connectivity index (χ1) is 17.1. The molecule has 0 atom stereocenters. The van der Waals surface area contributed by atoms with Crippen molar-refractivity contribution in [2.75, 3.05) is 17.4 Å². The Kier molecular flexibility index (Phi) is 6.21. The van der Waals surface area contributed by atoms with E-state index in [1.165, 1.54) is 0 Å². The molecule has 1 amide bonds. The van der Waals surface area contributed by atoms with Crippen LogP contribution in [-0.4, -0.2) is 42.1 Å². The number of carbonyl (C=O) groups is 1. The summed E-state index contributed by atoms with van der Waals surface area (Å²) < 4.78 is 52.0. The molecule has 0 radical (unpaired) electrons. The number of amides is 1. The molecule has 9 nitrogen and oxygen atoms in total. The Morgan fingerprint density at radius 2 is 1.92 bits per heavy atom. The predicted molar refractivity (Wildman–Crippen MR) is 132 cm³/mol. The quantitative estimate of drug-likeness (QED) is 0.544. The van der Waals surface area contributed by atoms with Gasteiger partial charge >= 0.3 is 10.2 Å². The van der Waals surface area contributed by atoms with Crippen LogP contribution in [0.1, 0.15) is 33.6 Å². The molecule has 1 saturated heterocycles. The number of anilines is 1. The zero-order valence-corrected chi connectivity index (χ0v) is 21.2. The summed E-state index contributed by atoms with van der Waals surface area (Å²) in [5.74, 6) is -1.30. The SMILES string of the molecule is Cc1nn(C)c(C)c1CN1CCc2cc(OCc3ccccc3)c(N3CC(=O)NS3(=O)=O)c(F)c2C1. The van der Waals surface area contributed by atoms with Gasteiger partial charge in [0.25, 0.3) is 5.91 Å². The third kappa shape index (κ3) is 4.44. The summed E-state index contributed by atoms with van der Waals surface area (Å²) in [6, 6.07) is 11.1. The van der Waals surface area contributed by atoms with E-state index in [2.05, 4.69) is 10.00 Å². The highest BCUT2D eigenvalue weighted by Gasteiger charge is 2.39. The number of hydrogen-bond donors (Lipinski definition) is 1. The minimum atomic E-state index is -4.23. The van der Waals surface area contributed by atoms with Crippen LogP contribution in [0.25, 0.3) is 0 Å². The molecule has 3 heterocycles. The molecule has 2 aliphatic heterocycles. The number of nitrogens with one attached hydrogen (secondary N) is 1. The van der Waals surface area contributed by atoms with Gasteiger partial charge < -0.3 is 4.74 Å². The van der Waals surface area contributed by atoms with E-state index >= 15 is 4.39 Å². The van der Waals surface area contributed by atoms with Gasteiger partial charge in [-0.05, 0) is 37.5 Å². The van der Waals surface area contributed by atoms with Crippen LogP contribution in [0.3, 0.4) is 0 Å². The number of halogens is 1. The topological polar surface area (TPSA) is 96.8 Å². The van der Waals surface area contributed by atoms with Crippen molar-refractivity contribution in [1.82, 2.24) is 19.4 Å². The number of carbonyl (C=O) groups excluding carboxylic acids is 1. The molecular formula is C25H28FN5O4S. The fourth-order valence-electron chi connectivity index (χ4n) is 4.81. The third-order valence-electron chi connectivity index (χ3n) is 6.83. The minimum absolute atomic E-state index is 0.0996. The Morgan fingerprint density at radius 1 is 1.17 bits per heavy atom. The Bertz CT molecular complexity index is 1440. The van der Waals surface area contributed by atoms with Gasteiger partial charge in [0.15, 0.2) is 5.82 Å². The van der Waals surface area contributed by atoms with Crippen molar-refractivity contribution in [1.29, 1.82) is 0 Å². The molecular weight excluding hydrogens is 485 g/mol. The lowest BCUT2D eigenvalue weighted by molar-refractivity contribution is -0.117.